The molecule has 0 radical (unpaired) electrons. The topological polar surface area (TPSA) is 69.0 Å². The molecule has 1 aliphatic rings. The first kappa shape index (κ1) is 15.8. The molecule has 0 saturated heterocycles. The molecule has 0 aliphatic heterocycles. The van der Waals surface area contributed by atoms with Gasteiger partial charge in [0.15, 0.2) is 5.13 Å². The summed E-state index contributed by atoms with van der Waals surface area (Å²) in [6, 6.07) is 7.84. The van der Waals surface area contributed by atoms with Crippen LogP contribution in [0, 0.1) is 0 Å². The Bertz CT molecular complexity index is 927. The van der Waals surface area contributed by atoms with Gasteiger partial charge < -0.3 is 10.1 Å². The van der Waals surface area contributed by atoms with Crippen LogP contribution >= 0.6 is 11.3 Å². The molecule has 7 heteroatoms. The number of hydrogen-bond acceptors (Lipinski definition) is 5. The van der Waals surface area contributed by atoms with Crippen LogP contribution in [0.2, 0.25) is 0 Å². The summed E-state index contributed by atoms with van der Waals surface area (Å²) in [4.78, 5) is 17.1. The maximum Gasteiger partial charge on any atom is 0.223 e. The number of hydrogen-bond donors (Lipinski definition) is 1. The van der Waals surface area contributed by atoms with E-state index in [4.69, 9.17) is 4.74 Å². The molecule has 4 rings (SSSR count). The highest BCUT2D eigenvalue weighted by atomic mass is 32.1. The summed E-state index contributed by atoms with van der Waals surface area (Å²) in [7, 11) is 1.65. The van der Waals surface area contributed by atoms with Crippen molar-refractivity contribution in [2.75, 3.05) is 12.4 Å². The standard InChI is InChI=1S/C18H18N4O2S/c1-11(23)20-18-21-15-5-3-4-12-10-19-22(16(12)17(15)25-18)13-6-8-14(24-2)9-7-13/h6-10H,3-5H2,1-2H3,(H,20,21,23). The van der Waals surface area contributed by atoms with Gasteiger partial charge in [0.25, 0.3) is 0 Å². The fourth-order valence-electron chi connectivity index (χ4n) is 3.08. The molecule has 1 aliphatic carbocycles. The van der Waals surface area contributed by atoms with Crippen LogP contribution in [0.15, 0.2) is 30.5 Å². The Morgan fingerprint density at radius 1 is 1.28 bits per heavy atom. The maximum absolute atomic E-state index is 11.4. The van der Waals surface area contributed by atoms with E-state index < -0.39 is 0 Å². The molecular formula is C18H18N4O2S. The zero-order chi connectivity index (χ0) is 17.4. The third-order valence-corrected chi connectivity index (χ3v) is 5.24. The smallest absolute Gasteiger partial charge is 0.223 e. The summed E-state index contributed by atoms with van der Waals surface area (Å²) in [5.41, 5.74) is 4.30. The Labute approximate surface area is 149 Å². The van der Waals surface area contributed by atoms with Crippen LogP contribution in [0.4, 0.5) is 5.13 Å². The largest absolute Gasteiger partial charge is 0.497 e. The monoisotopic (exact) mass is 354 g/mol. The SMILES string of the molecule is COc1ccc(-n2ncc3c2-c2sc(NC(C)=O)nc2CCC3)cc1. The lowest BCUT2D eigenvalue weighted by atomic mass is 10.1. The minimum atomic E-state index is -0.104. The Morgan fingerprint density at radius 3 is 2.80 bits per heavy atom. The van der Waals surface area contributed by atoms with E-state index >= 15 is 0 Å². The first-order chi connectivity index (χ1) is 12.2. The summed E-state index contributed by atoms with van der Waals surface area (Å²) in [6.07, 6.45) is 4.84. The Balaban J connectivity index is 1.82. The van der Waals surface area contributed by atoms with Crippen LogP contribution in [0.5, 0.6) is 5.75 Å². The van der Waals surface area contributed by atoms with E-state index in [1.807, 2.05) is 35.1 Å². The van der Waals surface area contributed by atoms with Gasteiger partial charge in [-0.1, -0.05) is 11.3 Å². The van der Waals surface area contributed by atoms with Crippen molar-refractivity contribution < 1.29 is 9.53 Å². The molecule has 0 fully saturated rings. The molecule has 25 heavy (non-hydrogen) atoms. The summed E-state index contributed by atoms with van der Waals surface area (Å²) in [5.74, 6) is 0.709. The van der Waals surface area contributed by atoms with E-state index in [2.05, 4.69) is 15.4 Å². The highest BCUT2D eigenvalue weighted by molar-refractivity contribution is 7.19. The second kappa shape index (κ2) is 6.33. The van der Waals surface area contributed by atoms with Gasteiger partial charge >= 0.3 is 0 Å². The minimum Gasteiger partial charge on any atom is -0.497 e. The molecule has 0 unspecified atom stereocenters. The number of thiazole rings is 1. The van der Waals surface area contributed by atoms with Crippen molar-refractivity contribution in [3.8, 4) is 22.0 Å². The number of nitrogens with zero attached hydrogens (tertiary/aromatic N) is 3. The number of aromatic nitrogens is 3. The predicted molar refractivity (Wildman–Crippen MR) is 97.6 cm³/mol. The number of methoxy groups -OCH3 is 1. The molecule has 1 amide bonds. The number of ether oxygens (including phenoxy) is 1. The molecule has 0 atom stereocenters. The number of carbonyl (C=O) groups is 1. The van der Waals surface area contributed by atoms with Crippen LogP contribution in [-0.2, 0) is 17.6 Å². The highest BCUT2D eigenvalue weighted by Crippen LogP contribution is 2.39. The quantitative estimate of drug-likeness (QED) is 0.782. The number of benzene rings is 1. The molecule has 3 aromatic rings. The lowest BCUT2D eigenvalue weighted by molar-refractivity contribution is -0.114. The third-order valence-electron chi connectivity index (χ3n) is 4.22. The molecule has 2 heterocycles. The van der Waals surface area contributed by atoms with E-state index in [-0.39, 0.29) is 5.91 Å². The third kappa shape index (κ3) is 2.91. The molecule has 1 aromatic carbocycles. The van der Waals surface area contributed by atoms with Crippen LogP contribution in [0.3, 0.4) is 0 Å². The zero-order valence-electron chi connectivity index (χ0n) is 14.1. The molecule has 128 valence electrons. The predicted octanol–water partition coefficient (Wildman–Crippen LogP) is 3.45. The maximum atomic E-state index is 11.4. The number of aryl methyl sites for hydroxylation is 2. The molecule has 2 aromatic heterocycles. The van der Waals surface area contributed by atoms with E-state index in [1.54, 1.807) is 7.11 Å². The average molecular weight is 354 g/mol. The van der Waals surface area contributed by atoms with Gasteiger partial charge in [0.05, 0.1) is 35.3 Å². The summed E-state index contributed by atoms with van der Waals surface area (Å²) in [6.45, 7) is 1.50. The Kier molecular flexibility index (Phi) is 4.01. The van der Waals surface area contributed by atoms with Crippen molar-refractivity contribution in [1.82, 2.24) is 14.8 Å². The van der Waals surface area contributed by atoms with Crippen molar-refractivity contribution >= 4 is 22.4 Å². The van der Waals surface area contributed by atoms with Crippen molar-refractivity contribution in [3.63, 3.8) is 0 Å². The number of carbonyl (C=O) groups excluding carboxylic acids is 1. The highest BCUT2D eigenvalue weighted by Gasteiger charge is 2.24. The molecule has 0 spiro atoms. The van der Waals surface area contributed by atoms with E-state index in [9.17, 15) is 4.79 Å². The van der Waals surface area contributed by atoms with Gasteiger partial charge in [-0.15, -0.1) is 0 Å². The van der Waals surface area contributed by atoms with Crippen molar-refractivity contribution in [3.05, 3.63) is 41.7 Å². The van der Waals surface area contributed by atoms with Gasteiger partial charge in [-0.3, -0.25) is 4.79 Å². The second-order valence-corrected chi connectivity index (χ2v) is 6.96. The minimum absolute atomic E-state index is 0.104. The molecule has 6 nitrogen and oxygen atoms in total. The van der Waals surface area contributed by atoms with Gasteiger partial charge in [0.2, 0.25) is 5.91 Å². The Hall–Kier alpha value is -2.67. The first-order valence-corrected chi connectivity index (χ1v) is 8.96. The van der Waals surface area contributed by atoms with Gasteiger partial charge in [-0.25, -0.2) is 9.67 Å². The van der Waals surface area contributed by atoms with Crippen LogP contribution in [0.1, 0.15) is 24.6 Å². The van der Waals surface area contributed by atoms with Gasteiger partial charge in [0.1, 0.15) is 5.75 Å². The lowest BCUT2D eigenvalue weighted by Gasteiger charge is -2.08. The van der Waals surface area contributed by atoms with Crippen LogP contribution in [0.25, 0.3) is 16.3 Å². The Morgan fingerprint density at radius 2 is 2.08 bits per heavy atom. The average Bonchev–Trinajstić information content (AvgIpc) is 3.15. The lowest BCUT2D eigenvalue weighted by Crippen LogP contribution is -2.05. The van der Waals surface area contributed by atoms with Crippen molar-refractivity contribution in [1.29, 1.82) is 0 Å². The molecular weight excluding hydrogens is 336 g/mol. The summed E-state index contributed by atoms with van der Waals surface area (Å²) < 4.78 is 7.19. The molecule has 1 N–H and O–H groups in total. The zero-order valence-corrected chi connectivity index (χ0v) is 14.9. The fraction of sp³-hybridized carbons (Fsp3) is 0.278. The number of anilines is 1. The van der Waals surface area contributed by atoms with Crippen LogP contribution < -0.4 is 10.1 Å². The van der Waals surface area contributed by atoms with Gasteiger partial charge in [-0.2, -0.15) is 5.10 Å². The van der Waals surface area contributed by atoms with E-state index in [1.165, 1.54) is 23.8 Å². The fourth-order valence-corrected chi connectivity index (χ4v) is 4.21. The van der Waals surface area contributed by atoms with Gasteiger partial charge in [0, 0.05) is 6.92 Å². The van der Waals surface area contributed by atoms with E-state index in [0.717, 1.165) is 47.0 Å². The molecule has 0 bridgehead atoms. The summed E-state index contributed by atoms with van der Waals surface area (Å²) >= 11 is 1.51. The number of amides is 1. The van der Waals surface area contributed by atoms with E-state index in [0.29, 0.717) is 5.13 Å². The number of nitrogens with one attached hydrogen (secondary N) is 1. The normalized spacial score (nSPS) is 12.9. The first-order valence-electron chi connectivity index (χ1n) is 8.14. The number of fused-ring (bicyclic) bond motifs is 3. The van der Waals surface area contributed by atoms with Crippen molar-refractivity contribution in [2.24, 2.45) is 0 Å². The van der Waals surface area contributed by atoms with Crippen LogP contribution in [-0.4, -0.2) is 27.8 Å². The van der Waals surface area contributed by atoms with Crippen molar-refractivity contribution in [2.45, 2.75) is 26.2 Å². The van der Waals surface area contributed by atoms with Gasteiger partial charge in [-0.05, 0) is 49.1 Å². The molecule has 0 saturated carbocycles. The summed E-state index contributed by atoms with van der Waals surface area (Å²) in [5, 5.41) is 8.05. The number of rotatable bonds is 3. The second-order valence-electron chi connectivity index (χ2n) is 5.96.